The van der Waals surface area contributed by atoms with Crippen LogP contribution in [0.3, 0.4) is 0 Å². The predicted octanol–water partition coefficient (Wildman–Crippen LogP) is 3.51. The van der Waals surface area contributed by atoms with E-state index in [4.69, 9.17) is 0 Å². The molecule has 0 saturated heterocycles. The zero-order valence-electron chi connectivity index (χ0n) is 12.9. The molecule has 2 aliphatic carbocycles. The van der Waals surface area contributed by atoms with Crippen molar-refractivity contribution in [3.63, 3.8) is 0 Å². The number of nitrogens with zero attached hydrogens (tertiary/aromatic N) is 1. The van der Waals surface area contributed by atoms with E-state index in [2.05, 4.69) is 36.3 Å². The summed E-state index contributed by atoms with van der Waals surface area (Å²) in [5.41, 5.74) is 0. The van der Waals surface area contributed by atoms with Gasteiger partial charge in [0, 0.05) is 35.9 Å². The molecule has 3 unspecified atom stereocenters. The second-order valence-electron chi connectivity index (χ2n) is 6.89. The summed E-state index contributed by atoms with van der Waals surface area (Å²) in [6.45, 7) is 6.81. The van der Waals surface area contributed by atoms with Gasteiger partial charge in [0.2, 0.25) is 0 Å². The number of nitrogens with one attached hydrogen (secondary N) is 1. The summed E-state index contributed by atoms with van der Waals surface area (Å²) in [6, 6.07) is 4.45. The van der Waals surface area contributed by atoms with Crippen LogP contribution in [0.1, 0.15) is 35.4 Å². The van der Waals surface area contributed by atoms with E-state index in [0.717, 1.165) is 30.8 Å². The molecular weight excluding hydrogens is 264 g/mol. The molecule has 2 nitrogen and oxygen atoms in total. The lowest BCUT2D eigenvalue weighted by molar-refractivity contribution is 0.220. The Morgan fingerprint density at radius 1 is 1.30 bits per heavy atom. The smallest absolute Gasteiger partial charge is 0.0300 e. The molecule has 2 aliphatic rings. The summed E-state index contributed by atoms with van der Waals surface area (Å²) >= 11 is 1.90. The lowest BCUT2D eigenvalue weighted by Crippen LogP contribution is -2.34. The van der Waals surface area contributed by atoms with Gasteiger partial charge in [0.1, 0.15) is 0 Å². The molecular formula is C17H28N2S. The fraction of sp³-hybridized carbons (Fsp3) is 0.765. The van der Waals surface area contributed by atoms with Crippen molar-refractivity contribution in [1.29, 1.82) is 0 Å². The molecule has 1 heterocycles. The van der Waals surface area contributed by atoms with E-state index in [1.807, 2.05) is 11.3 Å². The van der Waals surface area contributed by atoms with Crippen molar-refractivity contribution < 1.29 is 0 Å². The average molecular weight is 292 g/mol. The van der Waals surface area contributed by atoms with Crippen LogP contribution < -0.4 is 5.32 Å². The largest absolute Gasteiger partial charge is 0.311 e. The van der Waals surface area contributed by atoms with Crippen LogP contribution in [0.25, 0.3) is 0 Å². The van der Waals surface area contributed by atoms with Crippen molar-refractivity contribution >= 4 is 11.3 Å². The first-order valence-electron chi connectivity index (χ1n) is 8.15. The van der Waals surface area contributed by atoms with Crippen molar-refractivity contribution in [3.8, 4) is 0 Å². The topological polar surface area (TPSA) is 15.3 Å². The van der Waals surface area contributed by atoms with Gasteiger partial charge in [-0.15, -0.1) is 11.3 Å². The molecule has 3 heteroatoms. The van der Waals surface area contributed by atoms with Gasteiger partial charge < -0.3 is 10.2 Å². The van der Waals surface area contributed by atoms with Gasteiger partial charge in [-0.1, -0.05) is 6.42 Å². The molecule has 112 valence electrons. The Kier molecular flexibility index (Phi) is 4.79. The van der Waals surface area contributed by atoms with Crippen molar-refractivity contribution in [2.45, 2.75) is 39.2 Å². The van der Waals surface area contributed by atoms with Crippen LogP contribution in [0.15, 0.2) is 12.1 Å². The molecule has 3 atom stereocenters. The standard InChI is InChI=1S/C17H28N2S/c1-13-3-6-17(20-13)11-18-7-8-19(2)12-16-10-14-4-5-15(16)9-14/h3,6,14-16,18H,4-5,7-12H2,1-2H3. The van der Waals surface area contributed by atoms with Gasteiger partial charge in [-0.3, -0.25) is 0 Å². The van der Waals surface area contributed by atoms with Crippen LogP contribution >= 0.6 is 11.3 Å². The molecule has 1 aromatic rings. The van der Waals surface area contributed by atoms with Gasteiger partial charge in [-0.2, -0.15) is 0 Å². The van der Waals surface area contributed by atoms with E-state index in [9.17, 15) is 0 Å². The highest BCUT2D eigenvalue weighted by Crippen LogP contribution is 2.48. The van der Waals surface area contributed by atoms with Crippen LogP contribution in [-0.2, 0) is 6.54 Å². The Morgan fingerprint density at radius 3 is 2.85 bits per heavy atom. The maximum absolute atomic E-state index is 3.57. The molecule has 1 aromatic heterocycles. The van der Waals surface area contributed by atoms with Crippen molar-refractivity contribution in [1.82, 2.24) is 10.2 Å². The van der Waals surface area contributed by atoms with Crippen LogP contribution in [0.5, 0.6) is 0 Å². The predicted molar refractivity (Wildman–Crippen MR) is 87.2 cm³/mol. The molecule has 3 rings (SSSR count). The maximum atomic E-state index is 3.57. The highest BCUT2D eigenvalue weighted by Gasteiger charge is 2.39. The normalized spacial score (nSPS) is 28.6. The summed E-state index contributed by atoms with van der Waals surface area (Å²) in [6.07, 6.45) is 6.08. The molecule has 0 aliphatic heterocycles. The van der Waals surface area contributed by atoms with Gasteiger partial charge in [-0.05, 0) is 63.1 Å². The van der Waals surface area contributed by atoms with Crippen LogP contribution in [0.2, 0.25) is 0 Å². The van der Waals surface area contributed by atoms with Gasteiger partial charge in [0.05, 0.1) is 0 Å². The number of hydrogen-bond acceptors (Lipinski definition) is 3. The Hall–Kier alpha value is -0.380. The zero-order valence-corrected chi connectivity index (χ0v) is 13.7. The van der Waals surface area contributed by atoms with Crippen LogP contribution in [0.4, 0.5) is 0 Å². The molecule has 2 fully saturated rings. The Bertz CT molecular complexity index is 428. The third-order valence-corrected chi connectivity index (χ3v) is 6.20. The number of fused-ring (bicyclic) bond motifs is 2. The first kappa shape index (κ1) is 14.6. The molecule has 0 radical (unpaired) electrons. The quantitative estimate of drug-likeness (QED) is 0.774. The highest BCUT2D eigenvalue weighted by molar-refractivity contribution is 7.11. The van der Waals surface area contributed by atoms with Gasteiger partial charge >= 0.3 is 0 Å². The van der Waals surface area contributed by atoms with E-state index >= 15 is 0 Å². The van der Waals surface area contributed by atoms with Gasteiger partial charge in [0.25, 0.3) is 0 Å². The number of likely N-dealkylation sites (N-methyl/N-ethyl adjacent to an activating group) is 1. The molecule has 1 N–H and O–H groups in total. The molecule has 2 bridgehead atoms. The number of aryl methyl sites for hydroxylation is 1. The SMILES string of the molecule is Cc1ccc(CNCCN(C)CC2CC3CCC2C3)s1. The number of hydrogen-bond donors (Lipinski definition) is 1. The summed E-state index contributed by atoms with van der Waals surface area (Å²) in [5, 5.41) is 3.57. The lowest BCUT2D eigenvalue weighted by Gasteiger charge is -2.27. The summed E-state index contributed by atoms with van der Waals surface area (Å²) < 4.78 is 0. The first-order chi connectivity index (χ1) is 9.70. The van der Waals surface area contributed by atoms with E-state index in [0.29, 0.717) is 0 Å². The van der Waals surface area contributed by atoms with Crippen molar-refractivity contribution in [2.75, 3.05) is 26.7 Å². The van der Waals surface area contributed by atoms with Gasteiger partial charge in [-0.25, -0.2) is 0 Å². The lowest BCUT2D eigenvalue weighted by atomic mass is 9.88. The zero-order chi connectivity index (χ0) is 13.9. The minimum atomic E-state index is 0.999. The molecule has 0 aromatic carbocycles. The van der Waals surface area contributed by atoms with E-state index in [1.165, 1.54) is 48.5 Å². The minimum Gasteiger partial charge on any atom is -0.311 e. The minimum absolute atomic E-state index is 0.999. The second kappa shape index (κ2) is 6.59. The third-order valence-electron chi connectivity index (χ3n) is 5.20. The fourth-order valence-electron chi connectivity index (χ4n) is 4.15. The molecule has 20 heavy (non-hydrogen) atoms. The molecule has 2 saturated carbocycles. The Morgan fingerprint density at radius 2 is 2.20 bits per heavy atom. The average Bonchev–Trinajstić information content (AvgIpc) is 3.11. The highest BCUT2D eigenvalue weighted by atomic mass is 32.1. The number of thiophene rings is 1. The van der Waals surface area contributed by atoms with Crippen LogP contribution in [-0.4, -0.2) is 31.6 Å². The first-order valence-corrected chi connectivity index (χ1v) is 8.97. The van der Waals surface area contributed by atoms with Gasteiger partial charge in [0.15, 0.2) is 0 Å². The fourth-order valence-corrected chi connectivity index (χ4v) is 5.01. The monoisotopic (exact) mass is 292 g/mol. The van der Waals surface area contributed by atoms with Crippen molar-refractivity contribution in [2.24, 2.45) is 17.8 Å². The van der Waals surface area contributed by atoms with E-state index < -0.39 is 0 Å². The van der Waals surface area contributed by atoms with E-state index in [1.54, 1.807) is 0 Å². The summed E-state index contributed by atoms with van der Waals surface area (Å²) in [4.78, 5) is 5.41. The van der Waals surface area contributed by atoms with Crippen molar-refractivity contribution in [3.05, 3.63) is 21.9 Å². The third kappa shape index (κ3) is 3.63. The van der Waals surface area contributed by atoms with E-state index in [-0.39, 0.29) is 0 Å². The molecule has 0 amide bonds. The Labute approximate surface area is 127 Å². The summed E-state index contributed by atoms with van der Waals surface area (Å²) in [7, 11) is 2.29. The number of rotatable bonds is 7. The van der Waals surface area contributed by atoms with Crippen LogP contribution in [0, 0.1) is 24.7 Å². The maximum Gasteiger partial charge on any atom is 0.0300 e. The summed E-state index contributed by atoms with van der Waals surface area (Å²) in [5.74, 6) is 3.14. The Balaban J connectivity index is 1.30. The second-order valence-corrected chi connectivity index (χ2v) is 8.26. The molecule has 0 spiro atoms.